The molecule has 0 aromatic carbocycles. The number of nitrogens with zero attached hydrogens (tertiary/aromatic N) is 1. The Hall–Kier alpha value is -0.800. The van der Waals surface area contributed by atoms with E-state index in [1.165, 1.54) is 0 Å². The summed E-state index contributed by atoms with van der Waals surface area (Å²) in [6.07, 6.45) is 0. The van der Waals surface area contributed by atoms with E-state index in [2.05, 4.69) is 45.7 Å². The van der Waals surface area contributed by atoms with E-state index in [1.807, 2.05) is 6.92 Å². The zero-order valence-electron chi connectivity index (χ0n) is 12.0. The summed E-state index contributed by atoms with van der Waals surface area (Å²) in [5.41, 5.74) is 7.04. The zero-order valence-corrected chi connectivity index (χ0v) is 12.0. The highest BCUT2D eigenvalue weighted by atomic mass is 16.3. The van der Waals surface area contributed by atoms with Crippen LogP contribution in [0, 0.1) is 12.3 Å². The zero-order chi connectivity index (χ0) is 13.2. The van der Waals surface area contributed by atoms with Gasteiger partial charge in [-0.25, -0.2) is 0 Å². The van der Waals surface area contributed by atoms with Crippen LogP contribution in [-0.4, -0.2) is 18.0 Å². The van der Waals surface area contributed by atoms with Crippen LogP contribution in [0.15, 0.2) is 10.5 Å². The standard InChI is InChI=1S/C14H26N2O/c1-10-7-12(17-13(10)8-15)9-16(6)11(2)14(3,4)5/h7,11H,8-9,15H2,1-6H3. The Morgan fingerprint density at radius 2 is 2.00 bits per heavy atom. The Balaban J connectivity index is 2.71. The predicted molar refractivity (Wildman–Crippen MR) is 71.7 cm³/mol. The summed E-state index contributed by atoms with van der Waals surface area (Å²) in [4.78, 5) is 2.32. The first-order valence-electron chi connectivity index (χ1n) is 6.24. The third kappa shape index (κ3) is 3.58. The quantitative estimate of drug-likeness (QED) is 0.877. The highest BCUT2D eigenvalue weighted by Crippen LogP contribution is 2.25. The highest BCUT2D eigenvalue weighted by molar-refractivity contribution is 5.19. The summed E-state index contributed by atoms with van der Waals surface area (Å²) in [6, 6.07) is 2.59. The Labute approximate surface area is 105 Å². The average Bonchev–Trinajstić information content (AvgIpc) is 2.56. The van der Waals surface area contributed by atoms with Gasteiger partial charge in [0.15, 0.2) is 0 Å². The molecule has 0 saturated heterocycles. The second-order valence-electron chi connectivity index (χ2n) is 5.98. The molecule has 3 nitrogen and oxygen atoms in total. The van der Waals surface area contributed by atoms with E-state index in [9.17, 15) is 0 Å². The SMILES string of the molecule is Cc1cc(CN(C)C(C)C(C)(C)C)oc1CN. The molecule has 3 heteroatoms. The number of rotatable bonds is 4. The van der Waals surface area contributed by atoms with Crippen molar-refractivity contribution in [1.82, 2.24) is 4.90 Å². The van der Waals surface area contributed by atoms with Crippen molar-refractivity contribution in [1.29, 1.82) is 0 Å². The molecule has 1 heterocycles. The van der Waals surface area contributed by atoms with Gasteiger partial charge in [0.25, 0.3) is 0 Å². The van der Waals surface area contributed by atoms with Gasteiger partial charge in [-0.15, -0.1) is 0 Å². The molecule has 1 rings (SSSR count). The molecule has 1 aromatic rings. The Bertz CT molecular complexity index is 363. The van der Waals surface area contributed by atoms with Crippen molar-refractivity contribution >= 4 is 0 Å². The molecule has 98 valence electrons. The number of hydrogen-bond donors (Lipinski definition) is 1. The van der Waals surface area contributed by atoms with Crippen LogP contribution in [0.1, 0.15) is 44.8 Å². The lowest BCUT2D eigenvalue weighted by Gasteiger charge is -2.34. The molecule has 0 radical (unpaired) electrons. The molecule has 0 aliphatic heterocycles. The van der Waals surface area contributed by atoms with Crippen molar-refractivity contribution in [2.45, 2.75) is 53.8 Å². The van der Waals surface area contributed by atoms with Crippen LogP contribution in [0.25, 0.3) is 0 Å². The third-order valence-corrected chi connectivity index (χ3v) is 3.58. The number of aryl methyl sites for hydroxylation is 1. The van der Waals surface area contributed by atoms with Crippen molar-refractivity contribution in [3.8, 4) is 0 Å². The van der Waals surface area contributed by atoms with Gasteiger partial charge in [-0.05, 0) is 37.9 Å². The molecule has 17 heavy (non-hydrogen) atoms. The van der Waals surface area contributed by atoms with Crippen LogP contribution in [-0.2, 0) is 13.1 Å². The van der Waals surface area contributed by atoms with Gasteiger partial charge in [0.2, 0.25) is 0 Å². The average molecular weight is 238 g/mol. The first-order chi connectivity index (χ1) is 7.75. The van der Waals surface area contributed by atoms with Crippen LogP contribution in [0.3, 0.4) is 0 Å². The van der Waals surface area contributed by atoms with Gasteiger partial charge in [-0.1, -0.05) is 20.8 Å². The molecule has 0 aliphatic rings. The Morgan fingerprint density at radius 3 is 2.41 bits per heavy atom. The molecule has 2 N–H and O–H groups in total. The van der Waals surface area contributed by atoms with E-state index in [-0.39, 0.29) is 5.41 Å². The minimum atomic E-state index is 0.271. The van der Waals surface area contributed by atoms with E-state index in [4.69, 9.17) is 10.2 Å². The Kier molecular flexibility index (Phi) is 4.39. The van der Waals surface area contributed by atoms with Gasteiger partial charge in [0, 0.05) is 6.04 Å². The maximum absolute atomic E-state index is 5.73. The first-order valence-corrected chi connectivity index (χ1v) is 6.24. The fourth-order valence-electron chi connectivity index (χ4n) is 1.91. The van der Waals surface area contributed by atoms with Gasteiger partial charge in [-0.3, -0.25) is 4.90 Å². The van der Waals surface area contributed by atoms with Crippen molar-refractivity contribution in [2.24, 2.45) is 11.1 Å². The topological polar surface area (TPSA) is 42.4 Å². The summed E-state index contributed by atoms with van der Waals surface area (Å²) in [5.74, 6) is 1.90. The van der Waals surface area contributed by atoms with Crippen molar-refractivity contribution in [2.75, 3.05) is 7.05 Å². The molecule has 0 bridgehead atoms. The number of hydrogen-bond acceptors (Lipinski definition) is 3. The molecular weight excluding hydrogens is 212 g/mol. The summed E-state index contributed by atoms with van der Waals surface area (Å²) in [7, 11) is 2.13. The van der Waals surface area contributed by atoms with E-state index in [1.54, 1.807) is 0 Å². The number of nitrogens with two attached hydrogens (primary N) is 1. The monoisotopic (exact) mass is 238 g/mol. The summed E-state index contributed by atoms with van der Waals surface area (Å²) in [6.45, 7) is 12.4. The second kappa shape index (κ2) is 5.23. The molecule has 1 atom stereocenters. The van der Waals surface area contributed by atoms with Crippen LogP contribution in [0.2, 0.25) is 0 Å². The normalized spacial score (nSPS) is 14.4. The van der Waals surface area contributed by atoms with E-state index >= 15 is 0 Å². The predicted octanol–water partition coefficient (Wildman–Crippen LogP) is 2.91. The fourth-order valence-corrected chi connectivity index (χ4v) is 1.91. The molecule has 0 spiro atoms. The van der Waals surface area contributed by atoms with Gasteiger partial charge in [0.05, 0.1) is 13.1 Å². The summed E-state index contributed by atoms with van der Waals surface area (Å²) < 4.78 is 5.73. The fraction of sp³-hybridized carbons (Fsp3) is 0.714. The van der Waals surface area contributed by atoms with Crippen LogP contribution in [0.4, 0.5) is 0 Å². The third-order valence-electron chi connectivity index (χ3n) is 3.58. The molecule has 1 aromatic heterocycles. The maximum Gasteiger partial charge on any atom is 0.120 e. The summed E-state index contributed by atoms with van der Waals surface area (Å²) >= 11 is 0. The smallest absolute Gasteiger partial charge is 0.120 e. The largest absolute Gasteiger partial charge is 0.463 e. The van der Waals surface area contributed by atoms with Crippen molar-refractivity contribution in [3.63, 3.8) is 0 Å². The number of furan rings is 1. The molecule has 0 fully saturated rings. The molecular formula is C14H26N2O. The first kappa shape index (κ1) is 14.3. The van der Waals surface area contributed by atoms with Crippen LogP contribution >= 0.6 is 0 Å². The van der Waals surface area contributed by atoms with E-state index in [0.29, 0.717) is 12.6 Å². The lowest BCUT2D eigenvalue weighted by Crippen LogP contribution is -2.38. The minimum Gasteiger partial charge on any atom is -0.463 e. The van der Waals surface area contributed by atoms with Gasteiger partial charge in [-0.2, -0.15) is 0 Å². The molecule has 0 aliphatic carbocycles. The van der Waals surface area contributed by atoms with Crippen molar-refractivity contribution < 1.29 is 4.42 Å². The summed E-state index contributed by atoms with van der Waals surface area (Å²) in [5, 5.41) is 0. The van der Waals surface area contributed by atoms with Gasteiger partial charge < -0.3 is 10.2 Å². The minimum absolute atomic E-state index is 0.271. The van der Waals surface area contributed by atoms with Gasteiger partial charge >= 0.3 is 0 Å². The van der Waals surface area contributed by atoms with Gasteiger partial charge in [0.1, 0.15) is 11.5 Å². The Morgan fingerprint density at radius 1 is 1.41 bits per heavy atom. The van der Waals surface area contributed by atoms with Crippen LogP contribution < -0.4 is 5.73 Å². The van der Waals surface area contributed by atoms with Crippen molar-refractivity contribution in [3.05, 3.63) is 23.2 Å². The lowest BCUT2D eigenvalue weighted by atomic mass is 9.87. The molecule has 1 unspecified atom stereocenters. The molecule has 0 saturated carbocycles. The second-order valence-corrected chi connectivity index (χ2v) is 5.98. The van der Waals surface area contributed by atoms with Crippen LogP contribution in [0.5, 0.6) is 0 Å². The lowest BCUT2D eigenvalue weighted by molar-refractivity contribution is 0.126. The van der Waals surface area contributed by atoms with E-state index < -0.39 is 0 Å². The maximum atomic E-state index is 5.73. The van der Waals surface area contributed by atoms with E-state index in [0.717, 1.165) is 23.6 Å². The molecule has 0 amide bonds. The highest BCUT2D eigenvalue weighted by Gasteiger charge is 2.24.